The van der Waals surface area contributed by atoms with E-state index in [9.17, 15) is 19.6 Å². The number of carbonyl (C=O) groups excluding carboxylic acids is 1. The second-order valence-electron chi connectivity index (χ2n) is 7.02. The maximum absolute atomic E-state index is 13.6. The number of unbranched alkanes of at least 4 members (excludes halogenated alkanes) is 1. The first-order valence-electron chi connectivity index (χ1n) is 8.06. The third-order valence-electron chi connectivity index (χ3n) is 3.83. The van der Waals surface area contributed by atoms with E-state index in [1.165, 1.54) is 0 Å². The van der Waals surface area contributed by atoms with Gasteiger partial charge in [-0.3, -0.25) is 4.79 Å². The van der Waals surface area contributed by atoms with E-state index in [2.05, 4.69) is 6.58 Å². The maximum Gasteiger partial charge on any atom is 0.225 e. The van der Waals surface area contributed by atoms with E-state index in [0.29, 0.717) is 17.3 Å². The largest absolute Gasteiger partial charge is 0.393 e. The topological polar surface area (TPSA) is 94.8 Å². The third kappa shape index (κ3) is 6.48. The zero-order valence-corrected chi connectivity index (χ0v) is 15.7. The molecule has 0 saturated heterocycles. The van der Waals surface area contributed by atoms with Crippen LogP contribution in [0.1, 0.15) is 32.6 Å². The number of quaternary nitrogens is 1. The lowest BCUT2D eigenvalue weighted by molar-refractivity contribution is -0.872. The van der Waals surface area contributed by atoms with Crippen molar-refractivity contribution in [1.82, 2.24) is 0 Å². The SMILES string of the molecule is C=CCC(CCCC)P(=O)(C(=O)C(O)CO)C(O)C[N+](C)(C)C. The summed E-state index contributed by atoms with van der Waals surface area (Å²) in [6.07, 6.45) is 2.34. The summed E-state index contributed by atoms with van der Waals surface area (Å²) in [7, 11) is 1.68. The first-order valence-corrected chi connectivity index (χ1v) is 9.91. The molecule has 0 aliphatic carbocycles. The molecule has 0 saturated carbocycles. The molecule has 7 heteroatoms. The lowest BCUT2D eigenvalue weighted by atomic mass is 10.1. The van der Waals surface area contributed by atoms with Gasteiger partial charge in [0.1, 0.15) is 12.6 Å². The number of allylic oxidation sites excluding steroid dienone is 1. The van der Waals surface area contributed by atoms with E-state index in [0.717, 1.165) is 12.8 Å². The summed E-state index contributed by atoms with van der Waals surface area (Å²) in [5.74, 6) is -1.35. The Morgan fingerprint density at radius 1 is 1.30 bits per heavy atom. The van der Waals surface area contributed by atoms with Crippen molar-refractivity contribution in [3.05, 3.63) is 12.7 Å². The number of hydrogen-bond acceptors (Lipinski definition) is 5. The fraction of sp³-hybridized carbons (Fsp3) is 0.812. The molecule has 4 atom stereocenters. The summed E-state index contributed by atoms with van der Waals surface area (Å²) in [4.78, 5) is 12.5. The van der Waals surface area contributed by atoms with E-state index in [1.54, 1.807) is 6.08 Å². The summed E-state index contributed by atoms with van der Waals surface area (Å²) in [5, 5.41) is 29.4. The first kappa shape index (κ1) is 22.5. The average Bonchev–Trinajstić information content (AvgIpc) is 2.47. The highest BCUT2D eigenvalue weighted by atomic mass is 31.2. The zero-order chi connectivity index (χ0) is 18.3. The molecule has 0 aliphatic rings. The van der Waals surface area contributed by atoms with Gasteiger partial charge in [0.05, 0.1) is 27.7 Å². The van der Waals surface area contributed by atoms with Gasteiger partial charge in [0.25, 0.3) is 0 Å². The molecule has 0 rings (SSSR count). The Labute approximate surface area is 139 Å². The van der Waals surface area contributed by atoms with Crippen LogP contribution in [0, 0.1) is 0 Å². The van der Waals surface area contributed by atoms with Crippen LogP contribution >= 0.6 is 7.14 Å². The third-order valence-corrected chi connectivity index (χ3v) is 7.42. The number of hydrogen-bond donors (Lipinski definition) is 3. The molecular weight excluding hydrogens is 317 g/mol. The highest BCUT2D eigenvalue weighted by Crippen LogP contribution is 2.59. The molecule has 23 heavy (non-hydrogen) atoms. The van der Waals surface area contributed by atoms with Gasteiger partial charge in [0, 0.05) is 5.66 Å². The van der Waals surface area contributed by atoms with Gasteiger partial charge in [0.2, 0.25) is 5.52 Å². The van der Waals surface area contributed by atoms with E-state index in [4.69, 9.17) is 5.11 Å². The normalized spacial score (nSPS) is 18.7. The molecule has 3 N–H and O–H groups in total. The van der Waals surface area contributed by atoms with Crippen molar-refractivity contribution in [2.45, 2.75) is 50.2 Å². The van der Waals surface area contributed by atoms with Crippen LogP contribution in [0.5, 0.6) is 0 Å². The number of carbonyl (C=O) groups is 1. The van der Waals surface area contributed by atoms with E-state index < -0.39 is 36.9 Å². The van der Waals surface area contributed by atoms with Gasteiger partial charge in [0.15, 0.2) is 13.0 Å². The van der Waals surface area contributed by atoms with Crippen molar-refractivity contribution in [2.24, 2.45) is 0 Å². The summed E-state index contributed by atoms with van der Waals surface area (Å²) in [6.45, 7) is 4.97. The standard InChI is InChI=1S/C16H33NO5P/c1-6-8-10-13(9-7-2)23(22,16(21)14(19)12-18)15(20)11-17(3,4)5/h7,13-15,18-20H,2,6,8-12H2,1,3-5H3/q+1. The monoisotopic (exact) mass is 350 g/mol. The molecule has 0 spiro atoms. The molecule has 6 nitrogen and oxygen atoms in total. The van der Waals surface area contributed by atoms with Crippen molar-refractivity contribution in [1.29, 1.82) is 0 Å². The minimum absolute atomic E-state index is 0.126. The van der Waals surface area contributed by atoms with Gasteiger partial charge in [-0.1, -0.05) is 25.8 Å². The molecular formula is C16H33NO5P+. The van der Waals surface area contributed by atoms with Gasteiger partial charge in [-0.2, -0.15) is 0 Å². The highest BCUT2D eigenvalue weighted by Gasteiger charge is 2.49. The number of rotatable bonds is 12. The lowest BCUT2D eigenvalue weighted by Crippen LogP contribution is -2.44. The van der Waals surface area contributed by atoms with Gasteiger partial charge >= 0.3 is 0 Å². The van der Waals surface area contributed by atoms with Crippen LogP contribution in [0.3, 0.4) is 0 Å². The number of nitrogens with zero attached hydrogens (tertiary/aromatic N) is 1. The molecule has 0 bridgehead atoms. The van der Waals surface area contributed by atoms with Crippen molar-refractivity contribution in [2.75, 3.05) is 34.3 Å². The zero-order valence-electron chi connectivity index (χ0n) is 14.8. The first-order chi connectivity index (χ1) is 10.5. The molecule has 0 aromatic rings. The van der Waals surface area contributed by atoms with Crippen LogP contribution in [0.25, 0.3) is 0 Å². The Morgan fingerprint density at radius 2 is 1.87 bits per heavy atom. The van der Waals surface area contributed by atoms with Crippen LogP contribution in [0.15, 0.2) is 12.7 Å². The molecule has 0 aliphatic heterocycles. The number of aliphatic hydroxyl groups excluding tert-OH is 3. The quantitative estimate of drug-likeness (QED) is 0.281. The van der Waals surface area contributed by atoms with Crippen LogP contribution in [0.2, 0.25) is 0 Å². The predicted octanol–water partition coefficient (Wildman–Crippen LogP) is 1.39. The summed E-state index contributed by atoms with van der Waals surface area (Å²) < 4.78 is 13.9. The molecule has 0 fully saturated rings. The minimum atomic E-state index is -3.81. The second kappa shape index (κ2) is 9.70. The Morgan fingerprint density at radius 3 is 2.26 bits per heavy atom. The smallest absolute Gasteiger partial charge is 0.225 e. The van der Waals surface area contributed by atoms with Crippen LogP contribution in [-0.2, 0) is 9.36 Å². The Kier molecular flexibility index (Phi) is 9.48. The van der Waals surface area contributed by atoms with Crippen molar-refractivity contribution >= 4 is 12.7 Å². The van der Waals surface area contributed by atoms with Crippen LogP contribution < -0.4 is 0 Å². The Hall–Kier alpha value is -0.520. The number of aliphatic hydroxyl groups is 3. The van der Waals surface area contributed by atoms with Crippen LogP contribution in [0.4, 0.5) is 0 Å². The fourth-order valence-corrected chi connectivity index (χ4v) is 6.04. The summed E-state index contributed by atoms with van der Waals surface area (Å²) in [5.41, 5.74) is -1.49. The average molecular weight is 350 g/mol. The van der Waals surface area contributed by atoms with Gasteiger partial charge in [-0.25, -0.2) is 0 Å². The van der Waals surface area contributed by atoms with Gasteiger partial charge in [-0.15, -0.1) is 6.58 Å². The van der Waals surface area contributed by atoms with Gasteiger partial charge in [-0.05, 0) is 12.8 Å². The lowest BCUT2D eigenvalue weighted by Gasteiger charge is -2.34. The van der Waals surface area contributed by atoms with Crippen LogP contribution in [-0.4, -0.2) is 77.2 Å². The summed E-state index contributed by atoms with van der Waals surface area (Å²) in [6, 6.07) is 0. The predicted molar refractivity (Wildman–Crippen MR) is 92.7 cm³/mol. The molecule has 0 aromatic heterocycles. The second-order valence-corrected chi connectivity index (χ2v) is 10.2. The van der Waals surface area contributed by atoms with Gasteiger partial charge < -0.3 is 24.4 Å². The maximum atomic E-state index is 13.6. The molecule has 0 aromatic carbocycles. The van der Waals surface area contributed by atoms with Crippen molar-refractivity contribution in [3.63, 3.8) is 0 Å². The highest BCUT2D eigenvalue weighted by molar-refractivity contribution is 7.81. The molecule has 4 unspecified atom stereocenters. The van der Waals surface area contributed by atoms with Crippen molar-refractivity contribution < 1.29 is 29.2 Å². The molecule has 136 valence electrons. The van der Waals surface area contributed by atoms with E-state index >= 15 is 0 Å². The molecule has 0 radical (unpaired) electrons. The molecule has 0 amide bonds. The Bertz CT molecular complexity index is 433. The van der Waals surface area contributed by atoms with Crippen molar-refractivity contribution in [3.8, 4) is 0 Å². The van der Waals surface area contributed by atoms with E-state index in [-0.39, 0.29) is 6.54 Å². The number of likely N-dealkylation sites (N-methyl/N-ethyl adjacent to an activating group) is 1. The Balaban J connectivity index is 5.78. The fourth-order valence-electron chi connectivity index (χ4n) is 2.59. The molecule has 0 heterocycles. The summed E-state index contributed by atoms with van der Waals surface area (Å²) >= 11 is 0. The van der Waals surface area contributed by atoms with E-state index in [1.807, 2.05) is 28.1 Å². The minimum Gasteiger partial charge on any atom is -0.393 e.